The molecule has 2 heterocycles. The van der Waals surface area contributed by atoms with Crippen molar-refractivity contribution in [3.8, 4) is 0 Å². The molecule has 26 heavy (non-hydrogen) atoms. The lowest BCUT2D eigenvalue weighted by molar-refractivity contribution is -0.123. The molecule has 0 saturated heterocycles. The number of nitrogens with one attached hydrogen (secondary N) is 1. The number of hydrogen-bond donors (Lipinski definition) is 2. The Labute approximate surface area is 152 Å². The quantitative estimate of drug-likeness (QED) is 0.740. The molecule has 1 aromatic carbocycles. The van der Waals surface area contributed by atoms with Gasteiger partial charge in [-0.15, -0.1) is 0 Å². The molecule has 1 amide bonds. The smallest absolute Gasteiger partial charge is 0.223 e. The summed E-state index contributed by atoms with van der Waals surface area (Å²) in [5.41, 5.74) is 8.53. The summed E-state index contributed by atoms with van der Waals surface area (Å²) in [5.74, 6) is 0.808. The van der Waals surface area contributed by atoms with Crippen molar-refractivity contribution in [2.45, 2.75) is 52.1 Å². The minimum absolute atomic E-state index is 0.160. The second-order valence-corrected chi connectivity index (χ2v) is 7.82. The van der Waals surface area contributed by atoms with E-state index in [0.29, 0.717) is 12.2 Å². The first-order valence-corrected chi connectivity index (χ1v) is 9.25. The number of carbonyl (C=O) groups excluding carboxylic acids is 1. The van der Waals surface area contributed by atoms with Gasteiger partial charge in [-0.05, 0) is 39.7 Å². The number of pyridine rings is 1. The molecule has 1 saturated carbocycles. The molecule has 6 nitrogen and oxygen atoms in total. The molecule has 6 heteroatoms. The van der Waals surface area contributed by atoms with Gasteiger partial charge in [-0.25, -0.2) is 4.98 Å². The van der Waals surface area contributed by atoms with E-state index in [4.69, 9.17) is 10.8 Å². The van der Waals surface area contributed by atoms with Gasteiger partial charge in [0.15, 0.2) is 5.82 Å². The maximum absolute atomic E-state index is 12.3. The Bertz CT molecular complexity index is 1000. The van der Waals surface area contributed by atoms with Crippen LogP contribution >= 0.6 is 0 Å². The van der Waals surface area contributed by atoms with E-state index in [1.165, 1.54) is 0 Å². The lowest BCUT2D eigenvalue weighted by Crippen LogP contribution is -2.46. The molecule has 1 fully saturated rings. The molecule has 0 unspecified atom stereocenters. The van der Waals surface area contributed by atoms with Crippen LogP contribution in [-0.2, 0) is 17.8 Å². The number of aryl methyl sites for hydroxylation is 1. The summed E-state index contributed by atoms with van der Waals surface area (Å²) in [4.78, 5) is 16.8. The largest absolute Gasteiger partial charge is 0.382 e. The van der Waals surface area contributed by atoms with Crippen LogP contribution < -0.4 is 11.1 Å². The zero-order chi connectivity index (χ0) is 18.5. The van der Waals surface area contributed by atoms with Crippen molar-refractivity contribution in [1.82, 2.24) is 20.1 Å². The number of amides is 1. The fourth-order valence-electron chi connectivity index (χ4n) is 3.61. The summed E-state index contributed by atoms with van der Waals surface area (Å²) in [6.45, 7) is 6.94. The van der Waals surface area contributed by atoms with Crippen LogP contribution in [0.5, 0.6) is 0 Å². The molecule has 0 radical (unpaired) electrons. The molecular weight excluding hydrogens is 326 g/mol. The zero-order valence-electron chi connectivity index (χ0n) is 15.5. The molecule has 3 N–H and O–H groups in total. The molecule has 0 spiro atoms. The third-order valence-corrected chi connectivity index (χ3v) is 5.03. The number of nitrogens with two attached hydrogens (primary N) is 1. The summed E-state index contributed by atoms with van der Waals surface area (Å²) < 4.78 is 1.99. The molecular formula is C20H25N5O. The van der Waals surface area contributed by atoms with Gasteiger partial charge in [-0.3, -0.25) is 9.48 Å². The van der Waals surface area contributed by atoms with E-state index in [-0.39, 0.29) is 17.4 Å². The maximum Gasteiger partial charge on any atom is 0.223 e. The predicted molar refractivity (Wildman–Crippen MR) is 104 cm³/mol. The third-order valence-electron chi connectivity index (χ3n) is 5.03. The van der Waals surface area contributed by atoms with Crippen molar-refractivity contribution >= 4 is 33.5 Å². The van der Waals surface area contributed by atoms with Crippen molar-refractivity contribution in [1.29, 1.82) is 0 Å². The Morgan fingerprint density at radius 2 is 2.08 bits per heavy atom. The molecule has 136 valence electrons. The van der Waals surface area contributed by atoms with E-state index in [1.807, 2.05) is 22.9 Å². The van der Waals surface area contributed by atoms with Crippen LogP contribution in [0.4, 0.5) is 5.82 Å². The molecule has 0 bridgehead atoms. The number of fused-ring (bicyclic) bond motifs is 3. The number of benzene rings is 1. The third kappa shape index (κ3) is 2.89. The van der Waals surface area contributed by atoms with Gasteiger partial charge < -0.3 is 11.1 Å². The number of nitrogens with zero attached hydrogens (tertiary/aromatic N) is 3. The second-order valence-electron chi connectivity index (χ2n) is 7.82. The maximum atomic E-state index is 12.3. The van der Waals surface area contributed by atoms with Crippen LogP contribution in [0.2, 0.25) is 0 Å². The number of para-hydroxylation sites is 1. The minimum Gasteiger partial charge on any atom is -0.382 e. The Morgan fingerprint density at radius 3 is 2.77 bits per heavy atom. The number of rotatable bonds is 5. The standard InChI is InChI=1S/C20H25N5O/c1-4-25-15(11-20(2,3)23-19(26)12-9-10-12)16-13-7-5-6-8-14(13)22-18(21)17(16)24-25/h5-8,12H,4,9-11H2,1-3H3,(H2,21,22)(H,23,26). The zero-order valence-corrected chi connectivity index (χ0v) is 15.5. The topological polar surface area (TPSA) is 85.8 Å². The Hall–Kier alpha value is -2.63. The van der Waals surface area contributed by atoms with E-state index in [9.17, 15) is 4.79 Å². The molecule has 2 aromatic heterocycles. The van der Waals surface area contributed by atoms with Crippen LogP contribution in [0.1, 0.15) is 39.3 Å². The number of nitrogen functional groups attached to an aromatic ring is 1. The monoisotopic (exact) mass is 351 g/mol. The van der Waals surface area contributed by atoms with Crippen molar-refractivity contribution in [2.24, 2.45) is 5.92 Å². The molecule has 1 aliphatic rings. The highest BCUT2D eigenvalue weighted by Gasteiger charge is 2.34. The van der Waals surface area contributed by atoms with E-state index in [0.717, 1.165) is 46.9 Å². The molecule has 4 rings (SSSR count). The average Bonchev–Trinajstić information content (AvgIpc) is 3.38. The van der Waals surface area contributed by atoms with Crippen molar-refractivity contribution < 1.29 is 4.79 Å². The normalized spacial score (nSPS) is 14.9. The number of carbonyl (C=O) groups is 1. The first-order valence-electron chi connectivity index (χ1n) is 9.25. The van der Waals surface area contributed by atoms with Gasteiger partial charge in [0, 0.05) is 40.9 Å². The SMILES string of the molecule is CCn1nc2c(N)nc3ccccc3c2c1CC(C)(C)NC(=O)C1CC1. The average molecular weight is 351 g/mol. The van der Waals surface area contributed by atoms with Crippen LogP contribution in [0, 0.1) is 5.92 Å². The van der Waals surface area contributed by atoms with Crippen LogP contribution in [0.15, 0.2) is 24.3 Å². The van der Waals surface area contributed by atoms with E-state index in [2.05, 4.69) is 37.1 Å². The van der Waals surface area contributed by atoms with Gasteiger partial charge in [0.25, 0.3) is 0 Å². The molecule has 1 aliphatic carbocycles. The van der Waals surface area contributed by atoms with E-state index >= 15 is 0 Å². The number of aromatic nitrogens is 3. The highest BCUT2D eigenvalue weighted by Crippen LogP contribution is 2.33. The fourth-order valence-corrected chi connectivity index (χ4v) is 3.61. The van der Waals surface area contributed by atoms with E-state index in [1.54, 1.807) is 0 Å². The lowest BCUT2D eigenvalue weighted by Gasteiger charge is -2.27. The Kier molecular flexibility index (Phi) is 3.86. The van der Waals surface area contributed by atoms with Gasteiger partial charge in [0.1, 0.15) is 5.52 Å². The fraction of sp³-hybridized carbons (Fsp3) is 0.450. The summed E-state index contributed by atoms with van der Waals surface area (Å²) >= 11 is 0. The summed E-state index contributed by atoms with van der Waals surface area (Å²) in [6, 6.07) is 8.00. The van der Waals surface area contributed by atoms with Gasteiger partial charge in [-0.2, -0.15) is 5.10 Å². The van der Waals surface area contributed by atoms with Crippen LogP contribution in [-0.4, -0.2) is 26.2 Å². The van der Waals surface area contributed by atoms with E-state index < -0.39 is 0 Å². The number of hydrogen-bond acceptors (Lipinski definition) is 4. The minimum atomic E-state index is -0.362. The first kappa shape index (κ1) is 16.8. The first-order chi connectivity index (χ1) is 12.4. The highest BCUT2D eigenvalue weighted by molar-refractivity contribution is 6.09. The lowest BCUT2D eigenvalue weighted by atomic mass is 9.95. The van der Waals surface area contributed by atoms with Gasteiger partial charge in [-0.1, -0.05) is 18.2 Å². The van der Waals surface area contributed by atoms with Gasteiger partial charge >= 0.3 is 0 Å². The van der Waals surface area contributed by atoms with Crippen LogP contribution in [0.25, 0.3) is 21.8 Å². The van der Waals surface area contributed by atoms with Gasteiger partial charge in [0.05, 0.1) is 5.52 Å². The molecule has 3 aromatic rings. The molecule has 0 aliphatic heterocycles. The molecule has 0 atom stereocenters. The second kappa shape index (κ2) is 5.97. The Balaban J connectivity index is 1.83. The highest BCUT2D eigenvalue weighted by atomic mass is 16.2. The van der Waals surface area contributed by atoms with Crippen LogP contribution in [0.3, 0.4) is 0 Å². The summed E-state index contributed by atoms with van der Waals surface area (Å²) in [6.07, 6.45) is 2.69. The number of anilines is 1. The van der Waals surface area contributed by atoms with Crippen molar-refractivity contribution in [2.75, 3.05) is 5.73 Å². The summed E-state index contributed by atoms with van der Waals surface area (Å²) in [5, 5.41) is 10.0. The summed E-state index contributed by atoms with van der Waals surface area (Å²) in [7, 11) is 0. The van der Waals surface area contributed by atoms with Gasteiger partial charge in [0.2, 0.25) is 5.91 Å². The Morgan fingerprint density at radius 1 is 1.35 bits per heavy atom. The van der Waals surface area contributed by atoms with Crippen molar-refractivity contribution in [3.63, 3.8) is 0 Å². The van der Waals surface area contributed by atoms with Crippen molar-refractivity contribution in [3.05, 3.63) is 30.0 Å². The predicted octanol–water partition coefficient (Wildman–Crippen LogP) is 3.03.